The first-order chi connectivity index (χ1) is 10.6. The molecule has 1 saturated heterocycles. The number of hydrogen-bond donors (Lipinski definition) is 0. The van der Waals surface area contributed by atoms with Crippen molar-refractivity contribution in [2.75, 3.05) is 24.5 Å². The number of aromatic nitrogens is 1. The smallest absolute Gasteiger partial charge is 0.350 e. The molecule has 0 amide bonds. The van der Waals surface area contributed by atoms with Gasteiger partial charge in [0.2, 0.25) is 0 Å². The minimum atomic E-state index is -4.68. The van der Waals surface area contributed by atoms with E-state index in [1.807, 2.05) is 13.8 Å². The van der Waals surface area contributed by atoms with Crippen LogP contribution in [0.1, 0.15) is 31.4 Å². The van der Waals surface area contributed by atoms with Gasteiger partial charge in [-0.25, -0.2) is 13.8 Å². The van der Waals surface area contributed by atoms with E-state index in [2.05, 4.69) is 9.88 Å². The van der Waals surface area contributed by atoms with Crippen LogP contribution in [0.2, 0.25) is 0 Å². The van der Waals surface area contributed by atoms with E-state index in [4.69, 9.17) is 0 Å². The van der Waals surface area contributed by atoms with E-state index in [1.165, 1.54) is 0 Å². The maximum atomic E-state index is 14.4. The zero-order valence-electron chi connectivity index (χ0n) is 12.9. The summed E-state index contributed by atoms with van der Waals surface area (Å²) in [7, 11) is 0. The Morgan fingerprint density at radius 2 is 1.96 bits per heavy atom. The van der Waals surface area contributed by atoms with Crippen molar-refractivity contribution >= 4 is 5.82 Å². The van der Waals surface area contributed by atoms with Crippen LogP contribution in [0.3, 0.4) is 0 Å². The van der Waals surface area contributed by atoms with Gasteiger partial charge in [0.15, 0.2) is 0 Å². The Labute approximate surface area is 131 Å². The summed E-state index contributed by atoms with van der Waals surface area (Å²) in [4.78, 5) is 7.57. The lowest BCUT2D eigenvalue weighted by atomic mass is 9.91. The molecule has 23 heavy (non-hydrogen) atoms. The molecule has 3 rings (SSSR count). The minimum absolute atomic E-state index is 0.0114. The zero-order valence-corrected chi connectivity index (χ0v) is 12.9. The molecule has 3 nitrogen and oxygen atoms in total. The summed E-state index contributed by atoms with van der Waals surface area (Å²) in [6, 6.07) is 0.360. The van der Waals surface area contributed by atoms with Gasteiger partial charge in [-0.2, -0.15) is 13.2 Å². The van der Waals surface area contributed by atoms with Crippen LogP contribution in [0.5, 0.6) is 0 Å². The lowest BCUT2D eigenvalue weighted by Gasteiger charge is -2.48. The van der Waals surface area contributed by atoms with Gasteiger partial charge in [0.1, 0.15) is 5.82 Å². The largest absolute Gasteiger partial charge is 0.417 e. The van der Waals surface area contributed by atoms with Crippen LogP contribution >= 0.6 is 0 Å². The Hall–Kier alpha value is -1.44. The quantitative estimate of drug-likeness (QED) is 0.733. The molecule has 2 aliphatic rings. The first kappa shape index (κ1) is 16.4. The Morgan fingerprint density at radius 3 is 2.57 bits per heavy atom. The Kier molecular flexibility index (Phi) is 3.78. The van der Waals surface area contributed by atoms with E-state index < -0.39 is 35.7 Å². The highest BCUT2D eigenvalue weighted by molar-refractivity contribution is 5.55. The Morgan fingerprint density at radius 1 is 1.26 bits per heavy atom. The number of halogens is 5. The van der Waals surface area contributed by atoms with E-state index in [0.29, 0.717) is 31.9 Å². The summed E-state index contributed by atoms with van der Waals surface area (Å²) in [6.45, 7) is 5.64. The van der Waals surface area contributed by atoms with Crippen LogP contribution in [-0.4, -0.2) is 41.6 Å². The van der Waals surface area contributed by atoms with E-state index in [1.54, 1.807) is 4.90 Å². The second-order valence-corrected chi connectivity index (χ2v) is 6.44. The molecule has 0 saturated carbocycles. The summed E-state index contributed by atoms with van der Waals surface area (Å²) in [5.41, 5.74) is -1.74. The minimum Gasteiger partial charge on any atom is -0.350 e. The molecule has 1 atom stereocenters. The Bertz CT molecular complexity index is 599. The molecule has 0 aliphatic carbocycles. The van der Waals surface area contributed by atoms with Crippen molar-refractivity contribution in [2.45, 2.75) is 44.5 Å². The number of alkyl halides is 5. The van der Waals surface area contributed by atoms with E-state index in [-0.39, 0.29) is 11.9 Å². The van der Waals surface area contributed by atoms with E-state index >= 15 is 0 Å². The molecule has 2 aliphatic heterocycles. The highest BCUT2D eigenvalue weighted by Gasteiger charge is 2.48. The summed E-state index contributed by atoms with van der Waals surface area (Å²) in [6.07, 6.45) is -4.51. The van der Waals surface area contributed by atoms with Gasteiger partial charge in [-0.3, -0.25) is 4.90 Å². The second kappa shape index (κ2) is 5.29. The van der Waals surface area contributed by atoms with Crippen molar-refractivity contribution in [3.05, 3.63) is 23.4 Å². The molecule has 0 radical (unpaired) electrons. The van der Waals surface area contributed by atoms with Crippen LogP contribution in [0.25, 0.3) is 0 Å². The molecular weight excluding hydrogens is 317 g/mol. The number of rotatable bonds is 1. The van der Waals surface area contributed by atoms with Crippen LogP contribution < -0.4 is 4.90 Å². The van der Waals surface area contributed by atoms with Gasteiger partial charge in [0.25, 0.3) is 5.92 Å². The predicted molar refractivity (Wildman–Crippen MR) is 75.6 cm³/mol. The van der Waals surface area contributed by atoms with Gasteiger partial charge >= 0.3 is 6.18 Å². The number of fused-ring (bicyclic) bond motifs is 3. The standard InChI is InChI=1S/C15H18F5N3/c1-9(2)22-3-4-23-11(8-22)6-14(16,17)12-5-10(15(18,19)20)7-21-13(12)23/h5,7,9,11H,3-4,6,8H2,1-2H3/t11-/m0/s1. The summed E-state index contributed by atoms with van der Waals surface area (Å²) < 4.78 is 67.2. The normalized spacial score (nSPS) is 24.5. The van der Waals surface area contributed by atoms with Crippen molar-refractivity contribution in [1.82, 2.24) is 9.88 Å². The predicted octanol–water partition coefficient (Wildman–Crippen LogP) is 3.49. The molecule has 128 valence electrons. The van der Waals surface area contributed by atoms with Crippen molar-refractivity contribution in [3.8, 4) is 0 Å². The highest BCUT2D eigenvalue weighted by Crippen LogP contribution is 2.46. The molecule has 0 N–H and O–H groups in total. The van der Waals surface area contributed by atoms with Gasteiger partial charge in [0.05, 0.1) is 11.1 Å². The van der Waals surface area contributed by atoms with Crippen LogP contribution in [0.4, 0.5) is 27.8 Å². The van der Waals surface area contributed by atoms with E-state index in [0.717, 1.165) is 0 Å². The van der Waals surface area contributed by atoms with Gasteiger partial charge in [-0.05, 0) is 19.9 Å². The summed E-state index contributed by atoms with van der Waals surface area (Å²) in [5, 5.41) is 0. The first-order valence-electron chi connectivity index (χ1n) is 7.56. The maximum Gasteiger partial charge on any atom is 0.417 e. The summed E-state index contributed by atoms with van der Waals surface area (Å²) >= 11 is 0. The van der Waals surface area contributed by atoms with Crippen molar-refractivity contribution in [3.63, 3.8) is 0 Å². The second-order valence-electron chi connectivity index (χ2n) is 6.44. The fraction of sp³-hybridized carbons (Fsp3) is 0.667. The van der Waals surface area contributed by atoms with Gasteiger partial charge in [0, 0.05) is 44.3 Å². The van der Waals surface area contributed by atoms with Crippen molar-refractivity contribution in [1.29, 1.82) is 0 Å². The van der Waals surface area contributed by atoms with Crippen LogP contribution in [-0.2, 0) is 12.1 Å². The molecule has 3 heterocycles. The lowest BCUT2D eigenvalue weighted by Crippen LogP contribution is -2.58. The van der Waals surface area contributed by atoms with Crippen LogP contribution in [0.15, 0.2) is 12.3 Å². The SMILES string of the molecule is CC(C)N1CCN2c3ncc(C(F)(F)F)cc3C(F)(F)C[C@H]2C1. The van der Waals surface area contributed by atoms with Crippen molar-refractivity contribution in [2.24, 2.45) is 0 Å². The molecular formula is C15H18F5N3. The molecule has 0 bridgehead atoms. The number of piperazine rings is 1. The molecule has 1 fully saturated rings. The molecule has 0 aromatic carbocycles. The monoisotopic (exact) mass is 335 g/mol. The molecule has 8 heteroatoms. The van der Waals surface area contributed by atoms with Gasteiger partial charge in [-0.1, -0.05) is 0 Å². The lowest BCUT2D eigenvalue weighted by molar-refractivity contribution is -0.138. The van der Waals surface area contributed by atoms with Crippen LogP contribution in [0, 0.1) is 0 Å². The highest BCUT2D eigenvalue weighted by atomic mass is 19.4. The first-order valence-corrected chi connectivity index (χ1v) is 7.56. The molecule has 1 aromatic heterocycles. The Balaban J connectivity index is 1.99. The third kappa shape index (κ3) is 2.88. The topological polar surface area (TPSA) is 19.4 Å². The average Bonchev–Trinajstić information content (AvgIpc) is 2.44. The number of anilines is 1. The number of hydrogen-bond acceptors (Lipinski definition) is 3. The number of pyridine rings is 1. The van der Waals surface area contributed by atoms with Crippen molar-refractivity contribution < 1.29 is 22.0 Å². The average molecular weight is 335 g/mol. The van der Waals surface area contributed by atoms with E-state index in [9.17, 15) is 22.0 Å². The fourth-order valence-corrected chi connectivity index (χ4v) is 3.32. The maximum absolute atomic E-state index is 14.4. The fourth-order valence-electron chi connectivity index (χ4n) is 3.32. The third-order valence-corrected chi connectivity index (χ3v) is 4.60. The zero-order chi connectivity index (χ0) is 17.0. The molecule has 0 spiro atoms. The van der Waals surface area contributed by atoms with Gasteiger partial charge < -0.3 is 4.90 Å². The number of nitrogens with zero attached hydrogens (tertiary/aromatic N) is 3. The molecule has 1 aromatic rings. The van der Waals surface area contributed by atoms with Gasteiger partial charge in [-0.15, -0.1) is 0 Å². The molecule has 0 unspecified atom stereocenters. The summed E-state index contributed by atoms with van der Waals surface area (Å²) in [5.74, 6) is -3.31. The third-order valence-electron chi connectivity index (χ3n) is 4.60.